The molecule has 3 amide bonds. The van der Waals surface area contributed by atoms with Crippen molar-refractivity contribution in [2.45, 2.75) is 18.6 Å². The number of carbonyl (C=O) groups is 2. The van der Waals surface area contributed by atoms with Gasteiger partial charge >= 0.3 is 6.03 Å². The van der Waals surface area contributed by atoms with Gasteiger partial charge in [-0.25, -0.2) is 4.79 Å². The minimum atomic E-state index is -0.335. The highest BCUT2D eigenvalue weighted by Gasteiger charge is 2.32. The lowest BCUT2D eigenvalue weighted by Crippen LogP contribution is -2.47. The highest BCUT2D eigenvalue weighted by atomic mass is 16.6. The molecule has 0 radical (unpaired) electrons. The molecular weight excluding hydrogens is 374 g/mol. The molecule has 0 unspecified atom stereocenters. The molecule has 4 rings (SSSR count). The molecule has 2 aliphatic rings. The molecule has 8 heteroatoms. The van der Waals surface area contributed by atoms with Crippen molar-refractivity contribution >= 4 is 17.6 Å². The van der Waals surface area contributed by atoms with Crippen molar-refractivity contribution in [1.29, 1.82) is 0 Å². The number of para-hydroxylation sites is 2. The van der Waals surface area contributed by atoms with Crippen LogP contribution >= 0.6 is 0 Å². The second kappa shape index (κ2) is 8.30. The molecule has 0 aliphatic carbocycles. The average molecular weight is 397 g/mol. The van der Waals surface area contributed by atoms with Gasteiger partial charge in [-0.05, 0) is 24.3 Å². The van der Waals surface area contributed by atoms with Gasteiger partial charge in [-0.3, -0.25) is 4.79 Å². The Balaban J connectivity index is 1.27. The summed E-state index contributed by atoms with van der Waals surface area (Å²) in [5.74, 6) is 2.02. The molecule has 1 fully saturated rings. The van der Waals surface area contributed by atoms with E-state index in [0.717, 1.165) is 5.69 Å². The third-order valence-corrected chi connectivity index (χ3v) is 4.88. The number of nitrogens with one attached hydrogen (secondary N) is 2. The number of hydrogen-bond donors (Lipinski definition) is 2. The smallest absolute Gasteiger partial charge is 0.315 e. The number of carbonyl (C=O) groups excluding carboxylic acids is 2. The second-order valence-corrected chi connectivity index (χ2v) is 6.96. The zero-order valence-corrected chi connectivity index (χ0v) is 16.1. The summed E-state index contributed by atoms with van der Waals surface area (Å²) in [6, 6.07) is 14.1. The predicted octanol–water partition coefficient (Wildman–Crippen LogP) is 1.94. The van der Waals surface area contributed by atoms with Crippen LogP contribution in [0, 0.1) is 0 Å². The summed E-state index contributed by atoms with van der Waals surface area (Å²) < 4.78 is 16.7. The number of methoxy groups -OCH3 is 1. The van der Waals surface area contributed by atoms with Gasteiger partial charge in [0.25, 0.3) is 0 Å². The molecule has 29 heavy (non-hydrogen) atoms. The third kappa shape index (κ3) is 4.37. The van der Waals surface area contributed by atoms with E-state index in [-0.39, 0.29) is 30.5 Å². The van der Waals surface area contributed by atoms with E-state index in [4.69, 9.17) is 14.2 Å². The van der Waals surface area contributed by atoms with Gasteiger partial charge in [0.1, 0.15) is 12.4 Å². The van der Waals surface area contributed by atoms with E-state index in [1.165, 1.54) is 0 Å². The maximum atomic E-state index is 12.4. The summed E-state index contributed by atoms with van der Waals surface area (Å²) in [5, 5.41) is 5.65. The number of rotatable bonds is 5. The maximum Gasteiger partial charge on any atom is 0.315 e. The van der Waals surface area contributed by atoms with Gasteiger partial charge in [0.15, 0.2) is 17.6 Å². The lowest BCUT2D eigenvalue weighted by Gasteiger charge is -2.26. The fraction of sp³-hybridized carbons (Fsp3) is 0.333. The van der Waals surface area contributed by atoms with Crippen LogP contribution in [-0.2, 0) is 4.79 Å². The van der Waals surface area contributed by atoms with E-state index >= 15 is 0 Å². The van der Waals surface area contributed by atoms with Crippen LogP contribution in [0.2, 0.25) is 0 Å². The Morgan fingerprint density at radius 3 is 2.86 bits per heavy atom. The number of urea groups is 1. The van der Waals surface area contributed by atoms with Gasteiger partial charge in [0.2, 0.25) is 5.91 Å². The van der Waals surface area contributed by atoms with Crippen LogP contribution in [0.3, 0.4) is 0 Å². The van der Waals surface area contributed by atoms with Crippen molar-refractivity contribution in [3.05, 3.63) is 48.5 Å². The Morgan fingerprint density at radius 1 is 1.21 bits per heavy atom. The van der Waals surface area contributed by atoms with E-state index in [1.807, 2.05) is 42.5 Å². The Hall–Kier alpha value is -3.42. The van der Waals surface area contributed by atoms with Gasteiger partial charge < -0.3 is 29.7 Å². The van der Waals surface area contributed by atoms with Crippen LogP contribution in [0.1, 0.15) is 6.42 Å². The topological polar surface area (TPSA) is 89.1 Å². The number of nitrogens with zero attached hydrogens (tertiary/aromatic N) is 1. The first kappa shape index (κ1) is 18.9. The van der Waals surface area contributed by atoms with Gasteiger partial charge in [0, 0.05) is 24.7 Å². The predicted molar refractivity (Wildman–Crippen MR) is 107 cm³/mol. The standard InChI is InChI=1S/C21H23N3O5/c1-27-16-6-4-5-15(10-16)24-12-14(9-20(24)25)23-21(26)22-11-17-13-28-18-7-2-3-8-19(18)29-17/h2-8,10,14,17H,9,11-13H2,1H3,(H2,22,23,26)/t14-,17-/m1/s1. The second-order valence-electron chi connectivity index (χ2n) is 6.96. The van der Waals surface area contributed by atoms with Crippen molar-refractivity contribution in [3.63, 3.8) is 0 Å². The summed E-state index contributed by atoms with van der Waals surface area (Å²) in [6.07, 6.45) is -0.0183. The van der Waals surface area contributed by atoms with Crippen LogP contribution in [0.15, 0.2) is 48.5 Å². The van der Waals surface area contributed by atoms with Gasteiger partial charge in [-0.15, -0.1) is 0 Å². The van der Waals surface area contributed by atoms with Crippen LogP contribution < -0.4 is 29.7 Å². The molecule has 8 nitrogen and oxygen atoms in total. The maximum absolute atomic E-state index is 12.4. The largest absolute Gasteiger partial charge is 0.497 e. The first-order valence-electron chi connectivity index (χ1n) is 9.49. The molecule has 0 saturated carbocycles. The normalized spacial score (nSPS) is 20.3. The van der Waals surface area contributed by atoms with Crippen molar-refractivity contribution in [2.75, 3.05) is 31.7 Å². The van der Waals surface area contributed by atoms with Gasteiger partial charge in [-0.1, -0.05) is 18.2 Å². The molecule has 2 aliphatic heterocycles. The SMILES string of the molecule is COc1cccc(N2C[C@H](NC(=O)NC[C@@H]3COc4ccccc4O3)CC2=O)c1. The van der Waals surface area contributed by atoms with Crippen molar-refractivity contribution in [3.8, 4) is 17.2 Å². The van der Waals surface area contributed by atoms with Crippen LogP contribution in [0.4, 0.5) is 10.5 Å². The average Bonchev–Trinajstić information content (AvgIpc) is 3.12. The lowest BCUT2D eigenvalue weighted by molar-refractivity contribution is -0.117. The molecule has 0 spiro atoms. The van der Waals surface area contributed by atoms with E-state index in [1.54, 1.807) is 18.1 Å². The monoisotopic (exact) mass is 397 g/mol. The van der Waals surface area contributed by atoms with E-state index in [9.17, 15) is 9.59 Å². The molecule has 2 heterocycles. The van der Waals surface area contributed by atoms with Crippen LogP contribution in [-0.4, -0.2) is 50.9 Å². The number of anilines is 1. The summed E-state index contributed by atoms with van der Waals surface area (Å²) in [7, 11) is 1.58. The summed E-state index contributed by atoms with van der Waals surface area (Å²) in [4.78, 5) is 26.3. The number of hydrogen-bond acceptors (Lipinski definition) is 5. The summed E-state index contributed by atoms with van der Waals surface area (Å²) >= 11 is 0. The molecule has 0 bridgehead atoms. The zero-order valence-electron chi connectivity index (χ0n) is 16.1. The van der Waals surface area contributed by atoms with Crippen LogP contribution in [0.5, 0.6) is 17.2 Å². The molecule has 2 N–H and O–H groups in total. The quantitative estimate of drug-likeness (QED) is 0.805. The molecule has 2 aromatic rings. The molecule has 0 aromatic heterocycles. The number of fused-ring (bicyclic) bond motifs is 1. The van der Waals surface area contributed by atoms with E-state index in [2.05, 4.69) is 10.6 Å². The van der Waals surface area contributed by atoms with Crippen LogP contribution in [0.25, 0.3) is 0 Å². The first-order chi connectivity index (χ1) is 14.1. The first-order valence-corrected chi connectivity index (χ1v) is 9.49. The van der Waals surface area contributed by atoms with Crippen molar-refractivity contribution in [1.82, 2.24) is 10.6 Å². The van der Waals surface area contributed by atoms with Crippen molar-refractivity contribution in [2.24, 2.45) is 0 Å². The number of ether oxygens (including phenoxy) is 3. The molecular formula is C21H23N3O5. The third-order valence-electron chi connectivity index (χ3n) is 4.88. The highest BCUT2D eigenvalue weighted by Crippen LogP contribution is 2.30. The Labute approximate surface area is 168 Å². The molecule has 1 saturated heterocycles. The number of benzene rings is 2. The molecule has 2 aromatic carbocycles. The Kier molecular flexibility index (Phi) is 5.41. The Morgan fingerprint density at radius 2 is 2.03 bits per heavy atom. The summed E-state index contributed by atoms with van der Waals surface area (Å²) in [5.41, 5.74) is 0.755. The van der Waals surface area contributed by atoms with Crippen molar-refractivity contribution < 1.29 is 23.8 Å². The highest BCUT2D eigenvalue weighted by molar-refractivity contribution is 5.97. The summed E-state index contributed by atoms with van der Waals surface area (Å²) in [6.45, 7) is 1.08. The fourth-order valence-electron chi connectivity index (χ4n) is 3.44. The van der Waals surface area contributed by atoms with E-state index in [0.29, 0.717) is 36.9 Å². The number of amides is 3. The molecule has 2 atom stereocenters. The Bertz CT molecular complexity index is 903. The van der Waals surface area contributed by atoms with Gasteiger partial charge in [-0.2, -0.15) is 0 Å². The zero-order chi connectivity index (χ0) is 20.2. The molecule has 152 valence electrons. The minimum absolute atomic E-state index is 0.0378. The van der Waals surface area contributed by atoms with Gasteiger partial charge in [0.05, 0.1) is 19.7 Å². The van der Waals surface area contributed by atoms with E-state index < -0.39 is 0 Å². The lowest BCUT2D eigenvalue weighted by atomic mass is 10.2. The fourth-order valence-corrected chi connectivity index (χ4v) is 3.44. The minimum Gasteiger partial charge on any atom is -0.497 e.